The van der Waals surface area contributed by atoms with Gasteiger partial charge in [-0.2, -0.15) is 0 Å². The monoisotopic (exact) mass is 408 g/mol. The van der Waals surface area contributed by atoms with Gasteiger partial charge in [0.2, 0.25) is 5.91 Å². The smallest absolute Gasteiger partial charge is 0.242 e. The van der Waals surface area contributed by atoms with Gasteiger partial charge in [-0.15, -0.1) is 0 Å². The highest BCUT2D eigenvalue weighted by atomic mass is 127. The van der Waals surface area contributed by atoms with Crippen molar-refractivity contribution in [2.24, 2.45) is 0 Å². The maximum absolute atomic E-state index is 12.1. The first-order valence-corrected chi connectivity index (χ1v) is 8.48. The normalized spacial score (nSPS) is 11.8. The summed E-state index contributed by atoms with van der Waals surface area (Å²) in [6.07, 6.45) is 0.856. The molecule has 22 heavy (non-hydrogen) atoms. The summed E-state index contributed by atoms with van der Waals surface area (Å²) in [5, 5.41) is 6.22. The van der Waals surface area contributed by atoms with Gasteiger partial charge >= 0.3 is 0 Å². The molecule has 0 aliphatic carbocycles. The number of rotatable bonds is 6. The number of carbonyl (C=O) groups excluding carboxylic acids is 1. The van der Waals surface area contributed by atoms with E-state index in [1.54, 1.807) is 0 Å². The van der Waals surface area contributed by atoms with Crippen LogP contribution < -0.4 is 10.6 Å². The molecular formula is C18H21IN2O. The maximum Gasteiger partial charge on any atom is 0.242 e. The van der Waals surface area contributed by atoms with Gasteiger partial charge in [-0.05, 0) is 72.2 Å². The Kier molecular flexibility index (Phi) is 6.24. The van der Waals surface area contributed by atoms with Crippen molar-refractivity contribution < 1.29 is 4.79 Å². The van der Waals surface area contributed by atoms with Crippen molar-refractivity contribution in [1.82, 2.24) is 5.32 Å². The fourth-order valence-electron chi connectivity index (χ4n) is 2.26. The highest BCUT2D eigenvalue weighted by Gasteiger charge is 2.12. The molecule has 0 saturated carbocycles. The minimum Gasteiger partial charge on any atom is -0.374 e. The second-order valence-electron chi connectivity index (χ2n) is 5.34. The van der Waals surface area contributed by atoms with Gasteiger partial charge < -0.3 is 10.6 Å². The van der Waals surface area contributed by atoms with Gasteiger partial charge in [0.05, 0.1) is 0 Å². The van der Waals surface area contributed by atoms with Gasteiger partial charge in [0.25, 0.3) is 0 Å². The summed E-state index contributed by atoms with van der Waals surface area (Å²) in [6.45, 7) is 4.63. The molecule has 1 atom stereocenters. The number of anilines is 1. The highest BCUT2D eigenvalue weighted by molar-refractivity contribution is 14.1. The third-order valence-electron chi connectivity index (χ3n) is 3.56. The van der Waals surface area contributed by atoms with E-state index in [2.05, 4.69) is 52.3 Å². The Balaban J connectivity index is 1.80. The molecule has 0 heterocycles. The van der Waals surface area contributed by atoms with Gasteiger partial charge in [0, 0.05) is 15.8 Å². The van der Waals surface area contributed by atoms with Crippen molar-refractivity contribution in [2.75, 3.05) is 11.9 Å². The predicted octanol–water partition coefficient (Wildman–Crippen LogP) is 3.76. The predicted molar refractivity (Wildman–Crippen MR) is 100 cm³/mol. The Hall–Kier alpha value is -1.56. The quantitative estimate of drug-likeness (QED) is 0.715. The first-order chi connectivity index (χ1) is 10.6. The molecule has 0 radical (unpaired) electrons. The average molecular weight is 408 g/mol. The Labute approximate surface area is 145 Å². The lowest BCUT2D eigenvalue weighted by molar-refractivity contribution is -0.121. The fourth-order valence-corrected chi connectivity index (χ4v) is 2.80. The largest absolute Gasteiger partial charge is 0.374 e. The average Bonchev–Trinajstić information content (AvgIpc) is 2.49. The molecule has 1 amide bonds. The van der Waals surface area contributed by atoms with Gasteiger partial charge in [-0.1, -0.05) is 30.3 Å². The van der Waals surface area contributed by atoms with Crippen LogP contribution in [0.1, 0.15) is 18.1 Å². The molecule has 0 aromatic heterocycles. The number of benzene rings is 2. The van der Waals surface area contributed by atoms with Gasteiger partial charge in [0.15, 0.2) is 0 Å². The Morgan fingerprint density at radius 1 is 1.18 bits per heavy atom. The van der Waals surface area contributed by atoms with Gasteiger partial charge in [-0.25, -0.2) is 0 Å². The summed E-state index contributed by atoms with van der Waals surface area (Å²) >= 11 is 2.26. The Morgan fingerprint density at radius 3 is 2.68 bits per heavy atom. The first-order valence-electron chi connectivity index (χ1n) is 7.40. The van der Waals surface area contributed by atoms with E-state index in [9.17, 15) is 4.79 Å². The van der Waals surface area contributed by atoms with Gasteiger partial charge in [-0.3, -0.25) is 4.79 Å². The van der Waals surface area contributed by atoms with Crippen LogP contribution in [0.5, 0.6) is 0 Å². The molecular weight excluding hydrogens is 387 g/mol. The second-order valence-corrected chi connectivity index (χ2v) is 6.59. The molecule has 4 heteroatoms. The molecule has 3 nitrogen and oxygen atoms in total. The summed E-state index contributed by atoms with van der Waals surface area (Å²) in [6, 6.07) is 16.0. The minimum atomic E-state index is -0.255. The third kappa shape index (κ3) is 5.02. The molecule has 2 N–H and O–H groups in total. The van der Waals surface area contributed by atoms with Crippen LogP contribution in [-0.2, 0) is 11.2 Å². The van der Waals surface area contributed by atoms with Crippen molar-refractivity contribution in [3.05, 3.63) is 63.2 Å². The van der Waals surface area contributed by atoms with Crippen molar-refractivity contribution >= 4 is 34.2 Å². The van der Waals surface area contributed by atoms with Crippen molar-refractivity contribution in [1.29, 1.82) is 0 Å². The number of hydrogen-bond donors (Lipinski definition) is 2. The summed E-state index contributed by atoms with van der Waals surface area (Å²) in [7, 11) is 0. The number of carbonyl (C=O) groups is 1. The van der Waals surface area contributed by atoms with E-state index in [4.69, 9.17) is 0 Å². The molecule has 2 aromatic carbocycles. The molecule has 0 aliphatic rings. The first kappa shape index (κ1) is 16.8. The van der Waals surface area contributed by atoms with E-state index >= 15 is 0 Å². The molecule has 0 aliphatic heterocycles. The zero-order valence-corrected chi connectivity index (χ0v) is 15.1. The number of hydrogen-bond acceptors (Lipinski definition) is 2. The highest BCUT2D eigenvalue weighted by Crippen LogP contribution is 2.13. The molecule has 0 bridgehead atoms. The van der Waals surface area contributed by atoms with Crippen molar-refractivity contribution in [3.8, 4) is 0 Å². The molecule has 2 aromatic rings. The second kappa shape index (κ2) is 8.17. The number of aryl methyl sites for hydroxylation is 1. The fraction of sp³-hybridized carbons (Fsp3) is 0.278. The van der Waals surface area contributed by atoms with Gasteiger partial charge in [0.1, 0.15) is 6.04 Å². The zero-order chi connectivity index (χ0) is 15.9. The Bertz CT molecular complexity index is 642. The summed E-state index contributed by atoms with van der Waals surface area (Å²) in [4.78, 5) is 12.1. The number of halogens is 1. The van der Waals surface area contributed by atoms with E-state index in [1.165, 1.54) is 11.1 Å². The third-order valence-corrected chi connectivity index (χ3v) is 4.23. The lowest BCUT2D eigenvalue weighted by Gasteiger charge is -2.15. The topological polar surface area (TPSA) is 41.1 Å². The lowest BCUT2D eigenvalue weighted by atomic mass is 10.1. The van der Waals surface area contributed by atoms with Crippen LogP contribution in [0.4, 0.5) is 5.69 Å². The lowest BCUT2D eigenvalue weighted by Crippen LogP contribution is -2.38. The molecule has 116 valence electrons. The van der Waals surface area contributed by atoms with Crippen LogP contribution in [0.2, 0.25) is 0 Å². The van der Waals surface area contributed by atoms with Crippen LogP contribution >= 0.6 is 22.6 Å². The van der Waals surface area contributed by atoms with E-state index in [0.29, 0.717) is 6.54 Å². The van der Waals surface area contributed by atoms with Crippen LogP contribution in [0.25, 0.3) is 0 Å². The van der Waals surface area contributed by atoms with Crippen LogP contribution in [0.3, 0.4) is 0 Å². The summed E-state index contributed by atoms with van der Waals surface area (Å²) in [5.41, 5.74) is 3.51. The Morgan fingerprint density at radius 2 is 1.95 bits per heavy atom. The molecule has 0 saturated heterocycles. The van der Waals surface area contributed by atoms with Crippen molar-refractivity contribution in [3.63, 3.8) is 0 Å². The van der Waals surface area contributed by atoms with Crippen LogP contribution in [0, 0.1) is 10.5 Å². The molecule has 0 fully saturated rings. The number of nitrogens with one attached hydrogen (secondary N) is 2. The SMILES string of the molecule is Cc1ccccc1CCNC(=O)C(C)Nc1cccc(I)c1. The van der Waals surface area contributed by atoms with Crippen molar-refractivity contribution in [2.45, 2.75) is 26.3 Å². The van der Waals surface area contributed by atoms with E-state index < -0.39 is 0 Å². The standard InChI is InChI=1S/C18H21IN2O/c1-13-6-3-4-7-15(13)10-11-20-18(22)14(2)21-17-9-5-8-16(19)12-17/h3-9,12,14,21H,10-11H2,1-2H3,(H,20,22). The van der Waals surface area contributed by atoms with E-state index in [-0.39, 0.29) is 11.9 Å². The van der Waals surface area contributed by atoms with Crippen LogP contribution in [0.15, 0.2) is 48.5 Å². The van der Waals surface area contributed by atoms with E-state index in [0.717, 1.165) is 15.7 Å². The maximum atomic E-state index is 12.1. The molecule has 0 spiro atoms. The number of amides is 1. The van der Waals surface area contributed by atoms with E-state index in [1.807, 2.05) is 43.3 Å². The summed E-state index contributed by atoms with van der Waals surface area (Å²) in [5.74, 6) is 0.0208. The zero-order valence-electron chi connectivity index (χ0n) is 12.9. The summed E-state index contributed by atoms with van der Waals surface area (Å²) < 4.78 is 1.15. The molecule has 2 rings (SSSR count). The molecule has 1 unspecified atom stereocenters. The minimum absolute atomic E-state index is 0.0208. The van der Waals surface area contributed by atoms with Crippen LogP contribution in [-0.4, -0.2) is 18.5 Å².